The van der Waals surface area contributed by atoms with Gasteiger partial charge in [-0.05, 0) is 0 Å². The van der Waals surface area contributed by atoms with Crippen molar-refractivity contribution >= 4 is 23.6 Å². The fraction of sp³-hybridized carbons (Fsp3) is 0.556. The van der Waals surface area contributed by atoms with Crippen LogP contribution in [0.5, 0.6) is 0 Å². The Morgan fingerprint density at radius 3 is 2.60 bits per heavy atom. The summed E-state index contributed by atoms with van der Waals surface area (Å²) in [5.41, 5.74) is 0. The highest BCUT2D eigenvalue weighted by molar-refractivity contribution is 7.99. The Bertz CT molecular complexity index is 242. The van der Waals surface area contributed by atoms with Gasteiger partial charge in [0.25, 0.3) is 0 Å². The minimum atomic E-state index is -1.04. The van der Waals surface area contributed by atoms with Crippen molar-refractivity contribution in [1.29, 1.82) is 0 Å². The maximum absolute atomic E-state index is 10.7. The topological polar surface area (TPSA) is 86.6 Å². The van der Waals surface area contributed by atoms with E-state index in [-0.39, 0.29) is 12.5 Å². The number of hydrogen-bond donors (Lipinski definition) is 3. The number of amides is 1. The van der Waals surface area contributed by atoms with Gasteiger partial charge in [0.2, 0.25) is 5.91 Å². The first kappa shape index (κ1) is 14.0. The lowest BCUT2D eigenvalue weighted by molar-refractivity contribution is -0.140. The molecule has 0 aliphatic heterocycles. The predicted molar refractivity (Wildman–Crippen MR) is 58.8 cm³/mol. The number of rotatable bonds is 7. The van der Waals surface area contributed by atoms with Crippen molar-refractivity contribution in [2.24, 2.45) is 0 Å². The van der Waals surface area contributed by atoms with Crippen molar-refractivity contribution in [2.45, 2.75) is 13.0 Å². The van der Waals surface area contributed by atoms with Crippen molar-refractivity contribution < 1.29 is 19.8 Å². The molecule has 0 radical (unpaired) electrons. The highest BCUT2D eigenvalue weighted by atomic mass is 32.2. The standard InChI is InChI=1S/C9H15NO4S/c1-7(12)10-8(9(13)14)6-15-5-3-2-4-11/h2-3,8,11H,4-6H2,1H3,(H,10,12)(H,13,14)/b3-2+/t8-/m0/s1/i6+1,8+1,9+1. The number of aliphatic hydroxyl groups excluding tert-OH is 1. The first-order chi connectivity index (χ1) is 7.07. The quantitative estimate of drug-likeness (QED) is 0.325. The average Bonchev–Trinajstić information content (AvgIpc) is 2.15. The number of aliphatic carboxylic acids is 1. The number of carboxylic acids is 1. The van der Waals surface area contributed by atoms with Crippen molar-refractivity contribution in [3.05, 3.63) is 12.2 Å². The molecule has 0 saturated heterocycles. The number of carboxylic acid groups (broad SMARTS) is 1. The Kier molecular flexibility index (Phi) is 7.75. The van der Waals surface area contributed by atoms with Gasteiger partial charge in [-0.3, -0.25) is 4.79 Å². The summed E-state index contributed by atoms with van der Waals surface area (Å²) in [6.07, 6.45) is 3.33. The zero-order valence-electron chi connectivity index (χ0n) is 8.47. The molecule has 0 heterocycles. The largest absolute Gasteiger partial charge is 0.480 e. The number of carbonyl (C=O) groups excluding carboxylic acids is 1. The van der Waals surface area contributed by atoms with Gasteiger partial charge in [0.1, 0.15) is 6.04 Å². The van der Waals surface area contributed by atoms with Gasteiger partial charge in [-0.15, -0.1) is 0 Å². The second-order valence-electron chi connectivity index (χ2n) is 2.78. The summed E-state index contributed by atoms with van der Waals surface area (Å²) in [6, 6.07) is -0.852. The van der Waals surface area contributed by atoms with E-state index in [1.165, 1.54) is 18.7 Å². The maximum atomic E-state index is 10.7. The van der Waals surface area contributed by atoms with Crippen LogP contribution in [0.15, 0.2) is 12.2 Å². The summed E-state index contributed by atoms with van der Waals surface area (Å²) in [6.45, 7) is 1.26. The molecule has 1 atom stereocenters. The van der Waals surface area contributed by atoms with Crippen LogP contribution in [0.2, 0.25) is 0 Å². The van der Waals surface area contributed by atoms with Crippen LogP contribution in [0.4, 0.5) is 0 Å². The van der Waals surface area contributed by atoms with Gasteiger partial charge in [0.05, 0.1) is 6.61 Å². The lowest BCUT2D eigenvalue weighted by Crippen LogP contribution is -2.41. The molecular formula is C9H15NO4S. The zero-order valence-corrected chi connectivity index (χ0v) is 9.29. The lowest BCUT2D eigenvalue weighted by Gasteiger charge is -2.11. The van der Waals surface area contributed by atoms with Gasteiger partial charge in [0.15, 0.2) is 0 Å². The van der Waals surface area contributed by atoms with Crippen molar-refractivity contribution in [2.75, 3.05) is 18.1 Å². The molecule has 0 aromatic rings. The van der Waals surface area contributed by atoms with Crippen molar-refractivity contribution in [1.82, 2.24) is 5.32 Å². The van der Waals surface area contributed by atoms with Crippen LogP contribution in [-0.4, -0.2) is 46.2 Å². The molecule has 0 bridgehead atoms. The third kappa shape index (κ3) is 8.02. The molecule has 0 aromatic carbocycles. The summed E-state index contributed by atoms with van der Waals surface area (Å²) in [7, 11) is 0. The summed E-state index contributed by atoms with van der Waals surface area (Å²) in [5.74, 6) is -0.466. The van der Waals surface area contributed by atoms with E-state index in [1.54, 1.807) is 12.2 Å². The Labute approximate surface area is 92.6 Å². The maximum Gasteiger partial charge on any atom is 0.327 e. The molecule has 6 heteroatoms. The third-order valence-electron chi connectivity index (χ3n) is 1.45. The minimum absolute atomic E-state index is 0.0192. The van der Waals surface area contributed by atoms with E-state index in [0.29, 0.717) is 11.5 Å². The van der Waals surface area contributed by atoms with Gasteiger partial charge in [-0.1, -0.05) is 12.2 Å². The van der Waals surface area contributed by atoms with Gasteiger partial charge < -0.3 is 15.5 Å². The lowest BCUT2D eigenvalue weighted by atomic mass is 10.6. The van der Waals surface area contributed by atoms with E-state index in [2.05, 4.69) is 5.32 Å². The second-order valence-corrected chi connectivity index (χ2v) is 3.86. The first-order valence-corrected chi connectivity index (χ1v) is 5.57. The molecule has 0 rings (SSSR count). The summed E-state index contributed by atoms with van der Waals surface area (Å²) in [5, 5.41) is 19.5. The van der Waals surface area contributed by atoms with Gasteiger partial charge >= 0.3 is 5.97 Å². The van der Waals surface area contributed by atoms with Crippen LogP contribution >= 0.6 is 11.8 Å². The van der Waals surface area contributed by atoms with Crippen LogP contribution < -0.4 is 5.32 Å². The molecule has 0 aromatic heterocycles. The molecule has 0 saturated carbocycles. The molecule has 5 nitrogen and oxygen atoms in total. The van der Waals surface area contributed by atoms with Crippen LogP contribution in [0.3, 0.4) is 0 Å². The molecule has 0 fully saturated rings. The Hall–Kier alpha value is -1.01. The summed E-state index contributed by atoms with van der Waals surface area (Å²) >= 11 is 1.38. The molecular weight excluding hydrogens is 221 g/mol. The summed E-state index contributed by atoms with van der Waals surface area (Å²) < 4.78 is 0. The number of nitrogens with one attached hydrogen (secondary N) is 1. The predicted octanol–water partition coefficient (Wildman–Crippen LogP) is -0.143. The Morgan fingerprint density at radius 1 is 1.47 bits per heavy atom. The molecule has 0 aliphatic rings. The Balaban J connectivity index is 3.81. The van der Waals surface area contributed by atoms with E-state index < -0.39 is 12.0 Å². The van der Waals surface area contributed by atoms with Crippen molar-refractivity contribution in [3.8, 4) is 0 Å². The zero-order chi connectivity index (χ0) is 11.7. The average molecular weight is 236 g/mol. The monoisotopic (exact) mass is 236 g/mol. The van der Waals surface area contributed by atoms with Gasteiger partial charge in [-0.25, -0.2) is 4.79 Å². The van der Waals surface area contributed by atoms with Crippen LogP contribution in [0.1, 0.15) is 6.92 Å². The minimum Gasteiger partial charge on any atom is -0.480 e. The molecule has 3 N–H and O–H groups in total. The molecule has 1 amide bonds. The molecule has 0 aliphatic carbocycles. The fourth-order valence-electron chi connectivity index (χ4n) is 0.817. The second kappa shape index (κ2) is 8.31. The van der Waals surface area contributed by atoms with E-state index in [4.69, 9.17) is 10.2 Å². The smallest absolute Gasteiger partial charge is 0.327 e. The van der Waals surface area contributed by atoms with Gasteiger partial charge in [0, 0.05) is 18.4 Å². The molecule has 15 heavy (non-hydrogen) atoms. The van der Waals surface area contributed by atoms with Crippen LogP contribution in [-0.2, 0) is 9.59 Å². The van der Waals surface area contributed by atoms with Gasteiger partial charge in [-0.2, -0.15) is 11.8 Å². The van der Waals surface area contributed by atoms with Crippen LogP contribution in [0.25, 0.3) is 0 Å². The van der Waals surface area contributed by atoms with E-state index >= 15 is 0 Å². The summed E-state index contributed by atoms with van der Waals surface area (Å²) in [4.78, 5) is 21.3. The van der Waals surface area contributed by atoms with E-state index in [0.717, 1.165) is 0 Å². The molecule has 86 valence electrons. The Morgan fingerprint density at radius 2 is 2.13 bits per heavy atom. The number of aliphatic hydroxyl groups is 1. The fourth-order valence-corrected chi connectivity index (χ4v) is 1.69. The van der Waals surface area contributed by atoms with Crippen LogP contribution in [0, 0.1) is 0 Å². The van der Waals surface area contributed by atoms with E-state index in [1.807, 2.05) is 0 Å². The van der Waals surface area contributed by atoms with E-state index in [9.17, 15) is 9.59 Å². The highest BCUT2D eigenvalue weighted by Gasteiger charge is 2.17. The SMILES string of the molecule is CC(=O)N[13C@@H]([13CH2]SC/C=C/CO)[13C](=O)O. The number of carbonyl (C=O) groups is 2. The first-order valence-electron chi connectivity index (χ1n) is 4.41. The third-order valence-corrected chi connectivity index (χ3v) is 2.44. The highest BCUT2D eigenvalue weighted by Crippen LogP contribution is 2.03. The number of thioether (sulfide) groups is 1. The molecule has 0 spiro atoms. The number of hydrogen-bond acceptors (Lipinski definition) is 4. The normalized spacial score (nSPS) is 12.7. The van der Waals surface area contributed by atoms with Crippen molar-refractivity contribution in [3.63, 3.8) is 0 Å². The molecule has 0 unspecified atom stereocenters.